The summed E-state index contributed by atoms with van der Waals surface area (Å²) in [4.78, 5) is 28.0. The molecule has 1 aromatic rings. The molecular weight excluding hydrogens is 320 g/mol. The molecule has 1 heterocycles. The number of carbonyl (C=O) groups is 2. The third-order valence-electron chi connectivity index (χ3n) is 4.38. The number of hydrogen-bond donors (Lipinski definition) is 0. The van der Waals surface area contributed by atoms with E-state index in [1.807, 2.05) is 39.0 Å². The molecule has 0 spiro atoms. The van der Waals surface area contributed by atoms with Crippen molar-refractivity contribution in [2.75, 3.05) is 32.8 Å². The Hall–Kier alpha value is -2.24. The van der Waals surface area contributed by atoms with E-state index in [4.69, 9.17) is 9.47 Å². The first-order valence-electron chi connectivity index (χ1n) is 8.90. The van der Waals surface area contributed by atoms with Crippen molar-refractivity contribution in [3.63, 3.8) is 0 Å². The number of aryl methyl sites for hydroxylation is 2. The fourth-order valence-electron chi connectivity index (χ4n) is 2.82. The number of ether oxygens (including phenoxy) is 2. The van der Waals surface area contributed by atoms with E-state index in [0.717, 1.165) is 16.9 Å². The van der Waals surface area contributed by atoms with Crippen molar-refractivity contribution >= 4 is 12.0 Å². The van der Waals surface area contributed by atoms with Gasteiger partial charge in [0.25, 0.3) is 5.91 Å². The molecular formula is C19H28N2O4. The van der Waals surface area contributed by atoms with Gasteiger partial charge in [-0.1, -0.05) is 19.1 Å². The Morgan fingerprint density at radius 3 is 2.32 bits per heavy atom. The number of rotatable bonds is 5. The first-order chi connectivity index (χ1) is 12.0. The summed E-state index contributed by atoms with van der Waals surface area (Å²) in [6.07, 6.45) is -0.215. The normalized spacial score (nSPS) is 15.7. The van der Waals surface area contributed by atoms with E-state index in [1.54, 1.807) is 16.7 Å². The largest absolute Gasteiger partial charge is 0.480 e. The first-order valence-corrected chi connectivity index (χ1v) is 8.90. The minimum absolute atomic E-state index is 0.0214. The van der Waals surface area contributed by atoms with Gasteiger partial charge in [-0.15, -0.1) is 0 Å². The van der Waals surface area contributed by atoms with Crippen LogP contribution in [0.5, 0.6) is 5.75 Å². The van der Waals surface area contributed by atoms with Crippen LogP contribution in [0.2, 0.25) is 0 Å². The molecule has 0 N–H and O–H groups in total. The number of hydrogen-bond acceptors (Lipinski definition) is 4. The Bertz CT molecular complexity index is 609. The zero-order chi connectivity index (χ0) is 18.4. The summed E-state index contributed by atoms with van der Waals surface area (Å²) in [5.74, 6) is 0.734. The molecule has 2 rings (SSSR count). The molecule has 6 heteroatoms. The summed E-state index contributed by atoms with van der Waals surface area (Å²) < 4.78 is 11.0. The highest BCUT2D eigenvalue weighted by atomic mass is 16.6. The van der Waals surface area contributed by atoms with Gasteiger partial charge in [-0.05, 0) is 44.4 Å². The quantitative estimate of drug-likeness (QED) is 0.821. The van der Waals surface area contributed by atoms with E-state index >= 15 is 0 Å². The molecule has 2 amide bonds. The molecule has 0 radical (unpaired) electrons. The molecule has 1 fully saturated rings. The predicted octanol–water partition coefficient (Wildman–Crippen LogP) is 2.76. The lowest BCUT2D eigenvalue weighted by Crippen LogP contribution is -2.53. The van der Waals surface area contributed by atoms with Crippen molar-refractivity contribution in [3.8, 4) is 5.75 Å². The van der Waals surface area contributed by atoms with Gasteiger partial charge in [-0.25, -0.2) is 4.79 Å². The lowest BCUT2D eigenvalue weighted by molar-refractivity contribution is -0.140. The van der Waals surface area contributed by atoms with Crippen LogP contribution in [0.3, 0.4) is 0 Å². The Balaban J connectivity index is 1.96. The maximum atomic E-state index is 12.8. The maximum absolute atomic E-state index is 12.8. The third kappa shape index (κ3) is 4.87. The lowest BCUT2D eigenvalue weighted by Gasteiger charge is -2.35. The van der Waals surface area contributed by atoms with Gasteiger partial charge in [0.15, 0.2) is 6.10 Å². The van der Waals surface area contributed by atoms with Crippen LogP contribution in [0, 0.1) is 13.8 Å². The minimum Gasteiger partial charge on any atom is -0.480 e. The molecule has 0 unspecified atom stereocenters. The average Bonchev–Trinajstić information content (AvgIpc) is 2.62. The zero-order valence-corrected chi connectivity index (χ0v) is 15.6. The summed E-state index contributed by atoms with van der Waals surface area (Å²) in [7, 11) is 0. The summed E-state index contributed by atoms with van der Waals surface area (Å²) in [5, 5.41) is 0. The van der Waals surface area contributed by atoms with Crippen LogP contribution in [-0.4, -0.2) is 60.7 Å². The van der Waals surface area contributed by atoms with E-state index < -0.39 is 6.10 Å². The fourth-order valence-corrected chi connectivity index (χ4v) is 2.82. The number of nitrogens with zero attached hydrogens (tertiary/aromatic N) is 2. The van der Waals surface area contributed by atoms with Gasteiger partial charge in [-0.3, -0.25) is 4.79 Å². The molecule has 0 saturated carbocycles. The van der Waals surface area contributed by atoms with Crippen molar-refractivity contribution < 1.29 is 19.1 Å². The molecule has 138 valence electrons. The fraction of sp³-hybridized carbons (Fsp3) is 0.579. The molecule has 1 aliphatic heterocycles. The van der Waals surface area contributed by atoms with Crippen LogP contribution in [0.4, 0.5) is 4.79 Å². The molecule has 6 nitrogen and oxygen atoms in total. The maximum Gasteiger partial charge on any atom is 0.409 e. The molecule has 1 saturated heterocycles. The third-order valence-corrected chi connectivity index (χ3v) is 4.38. The highest BCUT2D eigenvalue weighted by Gasteiger charge is 2.29. The van der Waals surface area contributed by atoms with Crippen LogP contribution < -0.4 is 4.74 Å². The van der Waals surface area contributed by atoms with Gasteiger partial charge in [-0.2, -0.15) is 0 Å². The van der Waals surface area contributed by atoms with E-state index in [-0.39, 0.29) is 12.0 Å². The van der Waals surface area contributed by atoms with Gasteiger partial charge in [0.2, 0.25) is 0 Å². The minimum atomic E-state index is -0.505. The van der Waals surface area contributed by atoms with Crippen molar-refractivity contribution in [2.45, 2.75) is 40.2 Å². The zero-order valence-electron chi connectivity index (χ0n) is 15.6. The standard InChI is InChI=1S/C19H28N2O4/c1-5-16(25-17-13-14(3)7-8-15(17)4)18(22)20-9-11-21(12-10-20)19(23)24-6-2/h7-8,13,16H,5-6,9-12H2,1-4H3/t16-/m1/s1. The number of piperazine rings is 1. The highest BCUT2D eigenvalue weighted by molar-refractivity contribution is 5.81. The Morgan fingerprint density at radius 1 is 1.08 bits per heavy atom. The van der Waals surface area contributed by atoms with Crippen LogP contribution in [0.15, 0.2) is 18.2 Å². The second-order valence-electron chi connectivity index (χ2n) is 6.29. The van der Waals surface area contributed by atoms with Gasteiger partial charge in [0.1, 0.15) is 5.75 Å². The predicted molar refractivity (Wildman–Crippen MR) is 95.8 cm³/mol. The van der Waals surface area contributed by atoms with E-state index in [1.165, 1.54) is 0 Å². The monoisotopic (exact) mass is 348 g/mol. The van der Waals surface area contributed by atoms with Gasteiger partial charge in [0, 0.05) is 26.2 Å². The van der Waals surface area contributed by atoms with Crippen LogP contribution in [0.25, 0.3) is 0 Å². The molecule has 0 aliphatic carbocycles. The summed E-state index contributed by atoms with van der Waals surface area (Å²) in [6.45, 7) is 10.1. The molecule has 1 aromatic carbocycles. The number of carbonyl (C=O) groups excluding carboxylic acids is 2. The lowest BCUT2D eigenvalue weighted by atomic mass is 10.1. The van der Waals surface area contributed by atoms with E-state index in [9.17, 15) is 9.59 Å². The van der Waals surface area contributed by atoms with E-state index in [0.29, 0.717) is 39.2 Å². The molecule has 1 atom stereocenters. The van der Waals surface area contributed by atoms with Gasteiger partial charge in [0.05, 0.1) is 6.61 Å². The van der Waals surface area contributed by atoms with Gasteiger partial charge >= 0.3 is 6.09 Å². The summed E-state index contributed by atoms with van der Waals surface area (Å²) >= 11 is 0. The SMILES string of the molecule is CCOC(=O)N1CCN(C(=O)[C@@H](CC)Oc2cc(C)ccc2C)CC1. The van der Waals surface area contributed by atoms with Crippen molar-refractivity contribution in [1.82, 2.24) is 9.80 Å². The Morgan fingerprint density at radius 2 is 1.72 bits per heavy atom. The first kappa shape index (κ1) is 19.1. The average molecular weight is 348 g/mol. The second-order valence-corrected chi connectivity index (χ2v) is 6.29. The van der Waals surface area contributed by atoms with Crippen molar-refractivity contribution in [1.29, 1.82) is 0 Å². The molecule has 1 aliphatic rings. The summed E-state index contributed by atoms with van der Waals surface area (Å²) in [5.41, 5.74) is 2.12. The summed E-state index contributed by atoms with van der Waals surface area (Å²) in [6, 6.07) is 5.99. The van der Waals surface area contributed by atoms with Crippen LogP contribution in [0.1, 0.15) is 31.4 Å². The molecule has 0 aromatic heterocycles. The Labute approximate surface area is 149 Å². The topological polar surface area (TPSA) is 59.1 Å². The van der Waals surface area contributed by atoms with Gasteiger partial charge < -0.3 is 19.3 Å². The Kier molecular flexibility index (Phi) is 6.67. The second kappa shape index (κ2) is 8.74. The van der Waals surface area contributed by atoms with Crippen LogP contribution >= 0.6 is 0 Å². The highest BCUT2D eigenvalue weighted by Crippen LogP contribution is 2.22. The van der Waals surface area contributed by atoms with E-state index in [2.05, 4.69) is 0 Å². The number of amides is 2. The number of benzene rings is 1. The smallest absolute Gasteiger partial charge is 0.409 e. The van der Waals surface area contributed by atoms with Crippen molar-refractivity contribution in [3.05, 3.63) is 29.3 Å². The van der Waals surface area contributed by atoms with Crippen LogP contribution in [-0.2, 0) is 9.53 Å². The molecule has 0 bridgehead atoms. The molecule has 25 heavy (non-hydrogen) atoms. The van der Waals surface area contributed by atoms with Crippen molar-refractivity contribution in [2.24, 2.45) is 0 Å².